The molecule has 0 aliphatic heterocycles. The number of carbonyl (C=O) groups is 2. The first-order chi connectivity index (χ1) is 34.6. The van der Waals surface area contributed by atoms with Crippen LogP contribution in [0.25, 0.3) is 0 Å². The Morgan fingerprint density at radius 1 is 0.343 bits per heavy atom. The van der Waals surface area contributed by atoms with E-state index in [4.69, 9.17) is 9.47 Å². The summed E-state index contributed by atoms with van der Waals surface area (Å²) in [5, 5.41) is 9.64. The monoisotopic (exact) mass is 963 g/mol. The molecule has 5 heteroatoms. The lowest BCUT2D eigenvalue weighted by atomic mass is 10.1. The van der Waals surface area contributed by atoms with Crippen LogP contribution in [0.5, 0.6) is 0 Å². The van der Waals surface area contributed by atoms with Gasteiger partial charge < -0.3 is 14.6 Å². The second-order valence-electron chi connectivity index (χ2n) is 17.9. The molecule has 0 heterocycles. The van der Waals surface area contributed by atoms with Crippen molar-refractivity contribution in [1.82, 2.24) is 0 Å². The zero-order valence-corrected chi connectivity index (χ0v) is 44.7. The molecule has 0 aliphatic carbocycles. The summed E-state index contributed by atoms with van der Waals surface area (Å²) in [5.74, 6) is -0.634. The van der Waals surface area contributed by atoms with E-state index < -0.39 is 6.10 Å². The summed E-state index contributed by atoms with van der Waals surface area (Å²) in [7, 11) is 0. The summed E-state index contributed by atoms with van der Waals surface area (Å²) in [4.78, 5) is 24.5. The normalized spacial score (nSPS) is 13.5. The molecular weight excluding hydrogens is 861 g/mol. The van der Waals surface area contributed by atoms with Crippen molar-refractivity contribution >= 4 is 11.9 Å². The average molecular weight is 964 g/mol. The van der Waals surface area contributed by atoms with Crippen molar-refractivity contribution in [2.75, 3.05) is 13.2 Å². The number of esters is 2. The van der Waals surface area contributed by atoms with Crippen LogP contribution in [0.2, 0.25) is 0 Å². The number of carbonyl (C=O) groups excluding carboxylic acids is 2. The Labute approximate surface area is 430 Å². The van der Waals surface area contributed by atoms with Crippen LogP contribution in [0.15, 0.2) is 158 Å². The number of hydrogen-bond donors (Lipinski definition) is 1. The quantitative estimate of drug-likeness (QED) is 0.0374. The molecule has 0 aliphatic rings. The molecular formula is C65H102O5. The first-order valence-electron chi connectivity index (χ1n) is 28.0. The fraction of sp³-hybridized carbons (Fsp3) is 0.569. The maximum absolute atomic E-state index is 12.3. The summed E-state index contributed by atoms with van der Waals surface area (Å²) in [6.45, 7) is 3.96. The molecule has 0 aromatic rings. The molecule has 70 heavy (non-hydrogen) atoms. The number of aliphatic hydroxyl groups is 1. The van der Waals surface area contributed by atoms with Gasteiger partial charge in [-0.1, -0.05) is 236 Å². The number of ether oxygens (including phenoxy) is 2. The smallest absolute Gasteiger partial charge is 0.306 e. The number of rotatable bonds is 49. The van der Waals surface area contributed by atoms with Crippen LogP contribution < -0.4 is 0 Å². The molecule has 1 N–H and O–H groups in total. The predicted molar refractivity (Wildman–Crippen MR) is 306 cm³/mol. The second-order valence-corrected chi connectivity index (χ2v) is 17.9. The van der Waals surface area contributed by atoms with Crippen molar-refractivity contribution in [3.63, 3.8) is 0 Å². The van der Waals surface area contributed by atoms with E-state index in [-0.39, 0.29) is 25.2 Å². The maximum atomic E-state index is 12.3. The van der Waals surface area contributed by atoms with Gasteiger partial charge in [-0.15, -0.1) is 0 Å². The van der Waals surface area contributed by atoms with Crippen molar-refractivity contribution in [3.8, 4) is 0 Å². The van der Waals surface area contributed by atoms with Crippen LogP contribution in [0.1, 0.15) is 219 Å². The second kappa shape index (κ2) is 58.8. The van der Waals surface area contributed by atoms with Crippen molar-refractivity contribution in [3.05, 3.63) is 158 Å². The first kappa shape index (κ1) is 65.5. The fourth-order valence-corrected chi connectivity index (χ4v) is 7.12. The van der Waals surface area contributed by atoms with Gasteiger partial charge in [0.2, 0.25) is 0 Å². The maximum Gasteiger partial charge on any atom is 0.306 e. The molecule has 0 fully saturated rings. The van der Waals surface area contributed by atoms with E-state index in [0.717, 1.165) is 135 Å². The summed E-state index contributed by atoms with van der Waals surface area (Å²) < 4.78 is 10.7. The van der Waals surface area contributed by atoms with Gasteiger partial charge in [-0.25, -0.2) is 0 Å². The lowest BCUT2D eigenvalue weighted by Gasteiger charge is -2.15. The highest BCUT2D eigenvalue weighted by atomic mass is 16.6. The van der Waals surface area contributed by atoms with Gasteiger partial charge in [0.25, 0.3) is 0 Å². The third-order valence-corrected chi connectivity index (χ3v) is 11.3. The molecule has 0 rings (SSSR count). The van der Waals surface area contributed by atoms with Gasteiger partial charge in [0.15, 0.2) is 6.10 Å². The van der Waals surface area contributed by atoms with Crippen LogP contribution in [-0.4, -0.2) is 36.4 Å². The Morgan fingerprint density at radius 2 is 0.614 bits per heavy atom. The molecule has 1 unspecified atom stereocenters. The fourth-order valence-electron chi connectivity index (χ4n) is 7.12. The Balaban J connectivity index is 3.66. The molecule has 0 saturated carbocycles. The number of unbranched alkanes of at least 4 members (excludes halogenated alkanes) is 15. The minimum absolute atomic E-state index is 0.0889. The first-order valence-corrected chi connectivity index (χ1v) is 28.0. The number of hydrogen-bond acceptors (Lipinski definition) is 5. The van der Waals surface area contributed by atoms with E-state index in [0.29, 0.717) is 12.8 Å². The van der Waals surface area contributed by atoms with Gasteiger partial charge in [0, 0.05) is 12.8 Å². The van der Waals surface area contributed by atoms with Gasteiger partial charge in [0.05, 0.1) is 6.61 Å². The third kappa shape index (κ3) is 56.1. The summed E-state index contributed by atoms with van der Waals surface area (Å²) in [6.07, 6.45) is 90.5. The molecule has 5 nitrogen and oxygen atoms in total. The zero-order chi connectivity index (χ0) is 50.6. The molecule has 1 atom stereocenters. The molecule has 0 aromatic heterocycles. The van der Waals surface area contributed by atoms with E-state index >= 15 is 0 Å². The predicted octanol–water partition coefficient (Wildman–Crippen LogP) is 19.2. The third-order valence-electron chi connectivity index (χ3n) is 11.3. The van der Waals surface area contributed by atoms with Crippen LogP contribution >= 0.6 is 0 Å². The highest BCUT2D eigenvalue weighted by molar-refractivity contribution is 5.70. The van der Waals surface area contributed by atoms with Gasteiger partial charge in [-0.05, 0) is 128 Å². The largest absolute Gasteiger partial charge is 0.462 e. The molecule has 0 aromatic carbocycles. The van der Waals surface area contributed by atoms with E-state index in [1.165, 1.54) is 57.8 Å². The van der Waals surface area contributed by atoms with Crippen LogP contribution in [0, 0.1) is 0 Å². The van der Waals surface area contributed by atoms with Crippen molar-refractivity contribution in [2.45, 2.75) is 225 Å². The van der Waals surface area contributed by atoms with E-state index in [1.807, 2.05) is 0 Å². The van der Waals surface area contributed by atoms with Gasteiger partial charge in [-0.2, -0.15) is 0 Å². The molecule has 0 radical (unpaired) electrons. The van der Waals surface area contributed by atoms with E-state index in [2.05, 4.69) is 172 Å². The Hall–Kier alpha value is -4.48. The van der Waals surface area contributed by atoms with Crippen molar-refractivity contribution in [2.24, 2.45) is 0 Å². The summed E-state index contributed by atoms with van der Waals surface area (Å²) in [5.41, 5.74) is 0. The molecule has 0 saturated heterocycles. The minimum Gasteiger partial charge on any atom is -0.462 e. The van der Waals surface area contributed by atoms with Crippen molar-refractivity contribution in [1.29, 1.82) is 0 Å². The molecule has 0 amide bonds. The Morgan fingerprint density at radius 3 is 0.929 bits per heavy atom. The topological polar surface area (TPSA) is 72.8 Å². The van der Waals surface area contributed by atoms with E-state index in [9.17, 15) is 14.7 Å². The van der Waals surface area contributed by atoms with Crippen LogP contribution in [-0.2, 0) is 19.1 Å². The molecule has 0 spiro atoms. The van der Waals surface area contributed by atoms with Gasteiger partial charge in [0.1, 0.15) is 6.61 Å². The van der Waals surface area contributed by atoms with Gasteiger partial charge in [-0.3, -0.25) is 9.59 Å². The van der Waals surface area contributed by atoms with Crippen molar-refractivity contribution < 1.29 is 24.2 Å². The van der Waals surface area contributed by atoms with Gasteiger partial charge >= 0.3 is 11.9 Å². The van der Waals surface area contributed by atoms with Crippen LogP contribution in [0.4, 0.5) is 0 Å². The Kier molecular flexibility index (Phi) is 55.1. The number of allylic oxidation sites excluding steroid dienone is 26. The summed E-state index contributed by atoms with van der Waals surface area (Å²) in [6, 6.07) is 0. The lowest BCUT2D eigenvalue weighted by Crippen LogP contribution is -2.28. The highest BCUT2D eigenvalue weighted by Gasteiger charge is 2.16. The zero-order valence-electron chi connectivity index (χ0n) is 44.7. The highest BCUT2D eigenvalue weighted by Crippen LogP contribution is 2.12. The summed E-state index contributed by atoms with van der Waals surface area (Å²) >= 11 is 0. The minimum atomic E-state index is -0.798. The standard InChI is InChI=1S/C65H102O5/c1-3-5-7-9-11-13-15-17-19-21-23-24-25-26-27-28-29-30-31-32-33-34-35-36-37-38-39-40-42-44-46-48-50-52-54-56-58-60-65(68)70-63(61-66)62-69-64(67)59-57-55-53-51-49-47-45-43-41-22-20-18-16-14-12-10-8-6-4-2/h5,7,11-14,17-20,23-24,26-27,29-30,32-33,35-36,38-39,41-44,63,66H,3-4,6,8-10,15-16,21-22,25,28,31,34,37,40,45-62H2,1-2H3/b7-5-,13-11-,14-12-,19-17-,20-18-,24-23-,27-26-,30-29-,33-32-,36-35-,39-38-,43-41-,44-42-. The Bertz CT molecular complexity index is 1560. The lowest BCUT2D eigenvalue weighted by molar-refractivity contribution is -0.161. The average Bonchev–Trinajstić information content (AvgIpc) is 3.36. The number of aliphatic hydroxyl groups excluding tert-OH is 1. The molecule has 0 bridgehead atoms. The SMILES string of the molecule is CC/C=C\C/C=C\C/C=C\C/C=C\C/C=C\C/C=C\C/C=C\C/C=C\C/C=C\C/C=C\CCCCCCCCC(=O)OC(CO)COC(=O)CCCCCCCC/C=C\C/C=C\C/C=C\CCCCC. The van der Waals surface area contributed by atoms with E-state index in [1.54, 1.807) is 0 Å². The molecule has 392 valence electrons. The van der Waals surface area contributed by atoms with Crippen LogP contribution in [0.3, 0.4) is 0 Å².